The minimum atomic E-state index is -0.421. The van der Waals surface area contributed by atoms with Gasteiger partial charge in [0.2, 0.25) is 0 Å². The van der Waals surface area contributed by atoms with Gasteiger partial charge in [-0.05, 0) is 18.4 Å². The molecule has 5 heteroatoms. The van der Waals surface area contributed by atoms with E-state index in [2.05, 4.69) is 0 Å². The summed E-state index contributed by atoms with van der Waals surface area (Å²) < 4.78 is 15.8. The first kappa shape index (κ1) is 14.2. The highest BCUT2D eigenvalue weighted by molar-refractivity contribution is 6.34. The fraction of sp³-hybridized carbons (Fsp3) is 0.500. The molecule has 19 heavy (non-hydrogen) atoms. The van der Waals surface area contributed by atoms with E-state index in [-0.39, 0.29) is 11.7 Å². The molecule has 0 saturated carbocycles. The summed E-state index contributed by atoms with van der Waals surface area (Å²) in [5, 5.41) is 0.352. The molecule has 1 aliphatic heterocycles. The molecule has 2 rings (SSSR count). The largest absolute Gasteiger partial charge is 0.493 e. The van der Waals surface area contributed by atoms with E-state index in [1.54, 1.807) is 12.1 Å². The molecule has 1 aromatic rings. The molecule has 0 N–H and O–H groups in total. The Hall–Kier alpha value is -1.26. The Morgan fingerprint density at radius 2 is 1.95 bits per heavy atom. The number of benzene rings is 1. The lowest BCUT2D eigenvalue weighted by molar-refractivity contribution is 0.0579. The van der Waals surface area contributed by atoms with Crippen LogP contribution >= 0.6 is 11.6 Å². The SMILES string of the molecule is COc1cc(Cl)c(C(=O)C2OCCC2C)cc1OC. The minimum Gasteiger partial charge on any atom is -0.493 e. The zero-order valence-corrected chi connectivity index (χ0v) is 12.0. The summed E-state index contributed by atoms with van der Waals surface area (Å²) in [5.41, 5.74) is 0.415. The lowest BCUT2D eigenvalue weighted by Gasteiger charge is -2.16. The maximum atomic E-state index is 12.4. The quantitative estimate of drug-likeness (QED) is 0.798. The van der Waals surface area contributed by atoms with Gasteiger partial charge in [-0.2, -0.15) is 0 Å². The Morgan fingerprint density at radius 3 is 2.47 bits per heavy atom. The number of halogens is 1. The van der Waals surface area contributed by atoms with Gasteiger partial charge in [0, 0.05) is 18.2 Å². The Kier molecular flexibility index (Phi) is 4.32. The van der Waals surface area contributed by atoms with Crippen LogP contribution in [-0.2, 0) is 4.74 Å². The van der Waals surface area contributed by atoms with E-state index in [0.717, 1.165) is 6.42 Å². The third-order valence-electron chi connectivity index (χ3n) is 3.38. The second-order valence-electron chi connectivity index (χ2n) is 4.61. The van der Waals surface area contributed by atoms with Crippen LogP contribution in [-0.4, -0.2) is 32.7 Å². The molecule has 0 bridgehead atoms. The normalized spacial score (nSPS) is 22.3. The molecular weight excluding hydrogens is 268 g/mol. The first-order valence-electron chi connectivity index (χ1n) is 6.15. The number of methoxy groups -OCH3 is 2. The van der Waals surface area contributed by atoms with Crippen LogP contribution < -0.4 is 9.47 Å². The number of ether oxygens (including phenoxy) is 3. The van der Waals surface area contributed by atoms with E-state index >= 15 is 0 Å². The fourth-order valence-corrected chi connectivity index (χ4v) is 2.47. The summed E-state index contributed by atoms with van der Waals surface area (Å²) >= 11 is 6.15. The summed E-state index contributed by atoms with van der Waals surface area (Å²) in [4.78, 5) is 12.4. The monoisotopic (exact) mass is 284 g/mol. The number of carbonyl (C=O) groups excluding carboxylic acids is 1. The lowest BCUT2D eigenvalue weighted by atomic mass is 9.96. The molecular formula is C14H17ClO4. The number of rotatable bonds is 4. The predicted molar refractivity (Wildman–Crippen MR) is 72.4 cm³/mol. The summed E-state index contributed by atoms with van der Waals surface area (Å²) in [6, 6.07) is 3.20. The maximum absolute atomic E-state index is 12.4. The van der Waals surface area contributed by atoms with Gasteiger partial charge in [-0.15, -0.1) is 0 Å². The van der Waals surface area contributed by atoms with Crippen LogP contribution in [0, 0.1) is 5.92 Å². The highest BCUT2D eigenvalue weighted by Crippen LogP contribution is 2.35. The van der Waals surface area contributed by atoms with Crippen LogP contribution in [0.1, 0.15) is 23.7 Å². The molecule has 2 unspecified atom stereocenters. The van der Waals surface area contributed by atoms with Gasteiger partial charge in [0.25, 0.3) is 0 Å². The van der Waals surface area contributed by atoms with Crippen molar-refractivity contribution in [2.45, 2.75) is 19.4 Å². The van der Waals surface area contributed by atoms with Crippen LogP contribution in [0.4, 0.5) is 0 Å². The van der Waals surface area contributed by atoms with Gasteiger partial charge in [0.15, 0.2) is 17.3 Å². The Morgan fingerprint density at radius 1 is 1.32 bits per heavy atom. The summed E-state index contributed by atoms with van der Waals surface area (Å²) in [6.07, 6.45) is 0.469. The third kappa shape index (κ3) is 2.69. The molecule has 1 saturated heterocycles. The number of hydrogen-bond donors (Lipinski definition) is 0. The van der Waals surface area contributed by atoms with Gasteiger partial charge in [-0.1, -0.05) is 18.5 Å². The molecule has 104 valence electrons. The van der Waals surface area contributed by atoms with E-state index in [4.69, 9.17) is 25.8 Å². The molecule has 1 fully saturated rings. The average Bonchev–Trinajstić information content (AvgIpc) is 2.83. The van der Waals surface area contributed by atoms with Crippen LogP contribution in [0.5, 0.6) is 11.5 Å². The number of ketones is 1. The van der Waals surface area contributed by atoms with Crippen LogP contribution in [0.25, 0.3) is 0 Å². The highest BCUT2D eigenvalue weighted by Gasteiger charge is 2.33. The highest BCUT2D eigenvalue weighted by atomic mass is 35.5. The first-order valence-corrected chi connectivity index (χ1v) is 6.53. The lowest BCUT2D eigenvalue weighted by Crippen LogP contribution is -2.25. The maximum Gasteiger partial charge on any atom is 0.193 e. The van der Waals surface area contributed by atoms with Crippen molar-refractivity contribution in [2.75, 3.05) is 20.8 Å². The third-order valence-corrected chi connectivity index (χ3v) is 3.70. The average molecular weight is 285 g/mol. The molecule has 2 atom stereocenters. The van der Waals surface area contributed by atoms with Crippen molar-refractivity contribution in [3.05, 3.63) is 22.7 Å². The van der Waals surface area contributed by atoms with Crippen molar-refractivity contribution in [1.29, 1.82) is 0 Å². The Bertz CT molecular complexity index is 487. The van der Waals surface area contributed by atoms with Gasteiger partial charge in [-0.3, -0.25) is 4.79 Å². The zero-order chi connectivity index (χ0) is 14.0. The molecule has 0 aliphatic carbocycles. The second kappa shape index (κ2) is 5.80. The van der Waals surface area contributed by atoms with Crippen molar-refractivity contribution in [3.63, 3.8) is 0 Å². The van der Waals surface area contributed by atoms with Gasteiger partial charge in [-0.25, -0.2) is 0 Å². The van der Waals surface area contributed by atoms with Crippen LogP contribution in [0.15, 0.2) is 12.1 Å². The van der Waals surface area contributed by atoms with E-state index in [1.165, 1.54) is 14.2 Å². The number of carbonyl (C=O) groups is 1. The van der Waals surface area contributed by atoms with Crippen molar-refractivity contribution >= 4 is 17.4 Å². The van der Waals surface area contributed by atoms with Gasteiger partial charge < -0.3 is 14.2 Å². The number of Topliss-reactive ketones (excluding diaryl/α,β-unsaturated/α-hetero) is 1. The Labute approximate surface area is 117 Å². The van der Waals surface area contributed by atoms with E-state index < -0.39 is 6.10 Å². The zero-order valence-electron chi connectivity index (χ0n) is 11.2. The van der Waals surface area contributed by atoms with Crippen molar-refractivity contribution in [3.8, 4) is 11.5 Å². The molecule has 0 aromatic heterocycles. The summed E-state index contributed by atoms with van der Waals surface area (Å²) in [5.74, 6) is 1.10. The molecule has 0 amide bonds. The molecule has 1 aliphatic rings. The fourth-order valence-electron chi connectivity index (χ4n) is 2.23. The molecule has 0 spiro atoms. The number of hydrogen-bond acceptors (Lipinski definition) is 4. The minimum absolute atomic E-state index is 0.101. The molecule has 1 aromatic carbocycles. The van der Waals surface area contributed by atoms with E-state index in [1.807, 2.05) is 6.92 Å². The van der Waals surface area contributed by atoms with Gasteiger partial charge >= 0.3 is 0 Å². The Balaban J connectivity index is 2.36. The van der Waals surface area contributed by atoms with Crippen molar-refractivity contribution in [1.82, 2.24) is 0 Å². The van der Waals surface area contributed by atoms with Crippen LogP contribution in [0.2, 0.25) is 5.02 Å². The van der Waals surface area contributed by atoms with E-state index in [9.17, 15) is 4.79 Å². The van der Waals surface area contributed by atoms with Gasteiger partial charge in [0.1, 0.15) is 6.10 Å². The standard InChI is InChI=1S/C14H17ClO4/c1-8-4-5-19-14(8)13(16)9-6-11(17-2)12(18-3)7-10(9)15/h6-8,14H,4-5H2,1-3H3. The first-order chi connectivity index (χ1) is 9.08. The molecule has 4 nitrogen and oxygen atoms in total. The van der Waals surface area contributed by atoms with Gasteiger partial charge in [0.05, 0.1) is 19.2 Å². The predicted octanol–water partition coefficient (Wildman–Crippen LogP) is 2.96. The smallest absolute Gasteiger partial charge is 0.193 e. The molecule has 1 heterocycles. The van der Waals surface area contributed by atoms with E-state index in [0.29, 0.717) is 28.7 Å². The second-order valence-corrected chi connectivity index (χ2v) is 5.02. The van der Waals surface area contributed by atoms with Crippen LogP contribution in [0.3, 0.4) is 0 Å². The van der Waals surface area contributed by atoms with Crippen molar-refractivity contribution in [2.24, 2.45) is 5.92 Å². The summed E-state index contributed by atoms with van der Waals surface area (Å²) in [7, 11) is 3.05. The van der Waals surface area contributed by atoms with Crippen molar-refractivity contribution < 1.29 is 19.0 Å². The topological polar surface area (TPSA) is 44.8 Å². The summed E-state index contributed by atoms with van der Waals surface area (Å²) in [6.45, 7) is 2.62. The molecule has 0 radical (unpaired) electrons.